The maximum Gasteiger partial charge on any atom is 0.496 e. The highest BCUT2D eigenvalue weighted by molar-refractivity contribution is 14.2. The third kappa shape index (κ3) is 2.35. The van der Waals surface area contributed by atoms with E-state index in [1.807, 2.05) is 0 Å². The van der Waals surface area contributed by atoms with Gasteiger partial charge < -0.3 is 9.31 Å². The molecule has 0 aromatic heterocycles. The fourth-order valence-corrected chi connectivity index (χ4v) is 4.44. The molecule has 0 atom stereocenters. The first kappa shape index (κ1) is 16.5. The largest absolute Gasteiger partial charge is 0.496 e. The summed E-state index contributed by atoms with van der Waals surface area (Å²) in [6.07, 6.45) is 0. The first-order valence-electron chi connectivity index (χ1n) is 8.27. The van der Waals surface area contributed by atoms with Crippen LogP contribution >= 0.6 is 45.2 Å². The van der Waals surface area contributed by atoms with Crippen molar-refractivity contribution in [2.45, 2.75) is 21.1 Å². The van der Waals surface area contributed by atoms with Crippen molar-refractivity contribution in [1.82, 2.24) is 0 Å². The van der Waals surface area contributed by atoms with Crippen LogP contribution in [0.5, 0.6) is 0 Å². The summed E-state index contributed by atoms with van der Waals surface area (Å²) in [6, 6.07) is 19.6. The quantitative estimate of drug-likeness (QED) is 0.176. The van der Waals surface area contributed by atoms with Gasteiger partial charge >= 0.3 is 7.12 Å². The minimum atomic E-state index is -0.380. The van der Waals surface area contributed by atoms with Crippen LogP contribution in [0.4, 0.5) is 0 Å². The minimum Gasteiger partial charge on any atom is -0.398 e. The Hall–Kier alpha value is -0.635. The Balaban J connectivity index is 1.65. The zero-order valence-electron chi connectivity index (χ0n) is 13.8. The number of benzene rings is 3. The second-order valence-corrected chi connectivity index (χ2v) is 12.2. The molecule has 3 aromatic carbocycles. The van der Waals surface area contributed by atoms with Gasteiger partial charge in [-0.1, -0.05) is 54.6 Å². The van der Waals surface area contributed by atoms with E-state index in [2.05, 4.69) is 114 Å². The fourth-order valence-electron chi connectivity index (χ4n) is 3.73. The molecule has 0 spiro atoms. The van der Waals surface area contributed by atoms with Crippen molar-refractivity contribution in [3.8, 4) is 22.3 Å². The van der Waals surface area contributed by atoms with Gasteiger partial charge in [-0.05, 0) is 97.5 Å². The van der Waals surface area contributed by atoms with E-state index in [0.29, 0.717) is 0 Å². The van der Waals surface area contributed by atoms with Crippen LogP contribution in [0.2, 0.25) is 0 Å². The van der Waals surface area contributed by atoms with E-state index >= 15 is 0 Å². The van der Waals surface area contributed by atoms with Gasteiger partial charge in [0.25, 0.3) is 0 Å². The van der Waals surface area contributed by atoms with Gasteiger partial charge in [0.2, 0.25) is 0 Å². The van der Waals surface area contributed by atoms with Gasteiger partial charge in [0.1, 0.15) is 0 Å². The molecule has 0 N–H and O–H groups in total. The van der Waals surface area contributed by atoms with Crippen LogP contribution in [0, 0.1) is 0 Å². The molecule has 5 rings (SSSR count). The monoisotopic (exact) mass is 552 g/mol. The normalized spacial score (nSPS) is 19.4. The highest BCUT2D eigenvalue weighted by atomic mass is 127. The van der Waals surface area contributed by atoms with Gasteiger partial charge in [0.15, 0.2) is 1.61 Å². The first-order chi connectivity index (χ1) is 11.9. The van der Waals surface area contributed by atoms with E-state index in [9.17, 15) is 0 Å². The standard InChI is InChI=1S/C20H15BI2O2/c1-19(2)20(22,23)25-21(24-19)13-9-10-14-15-7-3-5-12-6-4-8-16(18(12)15)17(14)11-13/h3-11H,1-2H3. The molecule has 1 heterocycles. The van der Waals surface area contributed by atoms with E-state index in [4.69, 9.17) is 9.31 Å². The lowest BCUT2D eigenvalue weighted by atomic mass is 9.77. The summed E-state index contributed by atoms with van der Waals surface area (Å²) in [7, 11) is -0.336. The summed E-state index contributed by atoms with van der Waals surface area (Å²) in [6.45, 7) is 4.16. The number of hydrogen-bond donors (Lipinski definition) is 0. The third-order valence-corrected chi connectivity index (χ3v) is 8.26. The van der Waals surface area contributed by atoms with Crippen molar-refractivity contribution in [3.63, 3.8) is 0 Å². The molecule has 0 radical (unpaired) electrons. The predicted octanol–water partition coefficient (Wildman–Crippen LogP) is 5.53. The molecule has 1 saturated heterocycles. The van der Waals surface area contributed by atoms with E-state index in [-0.39, 0.29) is 14.3 Å². The van der Waals surface area contributed by atoms with Crippen molar-refractivity contribution in [3.05, 3.63) is 54.6 Å². The summed E-state index contributed by atoms with van der Waals surface area (Å²) in [5.41, 5.74) is 5.92. The Morgan fingerprint density at radius 1 is 0.800 bits per heavy atom. The molecule has 124 valence electrons. The Labute approximate surface area is 174 Å². The average Bonchev–Trinajstić information content (AvgIpc) is 3.01. The Morgan fingerprint density at radius 2 is 1.48 bits per heavy atom. The predicted molar refractivity (Wildman–Crippen MR) is 121 cm³/mol. The number of alkyl halides is 2. The van der Waals surface area contributed by atoms with Crippen LogP contribution in [-0.2, 0) is 9.31 Å². The zero-order chi connectivity index (χ0) is 17.4. The van der Waals surface area contributed by atoms with Gasteiger partial charge in [-0.15, -0.1) is 0 Å². The Bertz CT molecular complexity index is 1010. The van der Waals surface area contributed by atoms with Crippen molar-refractivity contribution in [2.75, 3.05) is 0 Å². The third-order valence-electron chi connectivity index (χ3n) is 5.16. The summed E-state index contributed by atoms with van der Waals surface area (Å²) >= 11 is 4.66. The van der Waals surface area contributed by atoms with Crippen LogP contribution in [0.1, 0.15) is 13.8 Å². The maximum absolute atomic E-state index is 6.22. The number of halogens is 2. The van der Waals surface area contributed by atoms with Gasteiger partial charge in [-0.2, -0.15) is 0 Å². The number of fused-ring (bicyclic) bond motifs is 3. The highest BCUT2D eigenvalue weighted by Crippen LogP contribution is 2.49. The number of rotatable bonds is 1. The summed E-state index contributed by atoms with van der Waals surface area (Å²) < 4.78 is 12.1. The minimum absolute atomic E-state index is 0.336. The van der Waals surface area contributed by atoms with Gasteiger partial charge in [0, 0.05) is 0 Å². The lowest BCUT2D eigenvalue weighted by molar-refractivity contribution is 0.120. The second kappa shape index (κ2) is 5.44. The summed E-state index contributed by atoms with van der Waals surface area (Å²) in [5, 5.41) is 2.64. The molecule has 0 unspecified atom stereocenters. The molecule has 2 aliphatic rings. The Morgan fingerprint density at radius 3 is 2.12 bits per heavy atom. The molecule has 1 fully saturated rings. The van der Waals surface area contributed by atoms with Crippen LogP contribution < -0.4 is 5.46 Å². The van der Waals surface area contributed by atoms with Crippen molar-refractivity contribution >= 4 is 68.5 Å². The highest BCUT2D eigenvalue weighted by Gasteiger charge is 2.55. The second-order valence-electron chi connectivity index (χ2n) is 7.11. The van der Waals surface area contributed by atoms with Crippen LogP contribution in [0.25, 0.3) is 33.0 Å². The summed E-state index contributed by atoms with van der Waals surface area (Å²) in [5.74, 6) is 0. The molecule has 2 nitrogen and oxygen atoms in total. The van der Waals surface area contributed by atoms with Crippen LogP contribution in [0.15, 0.2) is 54.6 Å². The molecule has 0 saturated carbocycles. The number of hydrogen-bond acceptors (Lipinski definition) is 2. The van der Waals surface area contributed by atoms with Gasteiger partial charge in [-0.3, -0.25) is 0 Å². The van der Waals surface area contributed by atoms with Crippen LogP contribution in [0.3, 0.4) is 0 Å². The Kier molecular flexibility index (Phi) is 3.60. The van der Waals surface area contributed by atoms with Crippen molar-refractivity contribution in [2.24, 2.45) is 0 Å². The summed E-state index contributed by atoms with van der Waals surface area (Å²) in [4.78, 5) is 0. The van der Waals surface area contributed by atoms with Crippen molar-refractivity contribution < 1.29 is 9.31 Å². The lowest BCUT2D eigenvalue weighted by Gasteiger charge is -2.28. The SMILES string of the molecule is CC1(C)OB(c2ccc3c(c2)-c2cccc4cccc-3c24)OC1(I)I. The molecular weight excluding hydrogens is 537 g/mol. The smallest absolute Gasteiger partial charge is 0.398 e. The van der Waals surface area contributed by atoms with Gasteiger partial charge in [0.05, 0.1) is 5.60 Å². The molecule has 1 aliphatic carbocycles. The molecular formula is C20H15BI2O2. The molecule has 0 amide bonds. The molecule has 1 aliphatic heterocycles. The average molecular weight is 552 g/mol. The van der Waals surface area contributed by atoms with E-state index in [1.165, 1.54) is 33.0 Å². The van der Waals surface area contributed by atoms with Gasteiger partial charge in [-0.25, -0.2) is 0 Å². The molecule has 5 heteroatoms. The zero-order valence-corrected chi connectivity index (χ0v) is 18.2. The van der Waals surface area contributed by atoms with E-state index in [1.54, 1.807) is 0 Å². The molecule has 0 bridgehead atoms. The topological polar surface area (TPSA) is 18.5 Å². The van der Waals surface area contributed by atoms with Crippen molar-refractivity contribution in [1.29, 1.82) is 0 Å². The maximum atomic E-state index is 6.22. The lowest BCUT2D eigenvalue weighted by Crippen LogP contribution is -2.36. The fraction of sp³-hybridized carbons (Fsp3) is 0.200. The molecule has 25 heavy (non-hydrogen) atoms. The molecule has 3 aromatic rings. The van der Waals surface area contributed by atoms with E-state index in [0.717, 1.165) is 5.46 Å². The van der Waals surface area contributed by atoms with Crippen LogP contribution in [-0.4, -0.2) is 14.3 Å². The van der Waals surface area contributed by atoms with E-state index < -0.39 is 0 Å². The first-order valence-corrected chi connectivity index (χ1v) is 10.4.